The molecule has 6 heteroatoms. The van der Waals surface area contributed by atoms with E-state index in [9.17, 15) is 15.0 Å². The second kappa shape index (κ2) is 9.82. The summed E-state index contributed by atoms with van der Waals surface area (Å²) < 4.78 is 5.95. The van der Waals surface area contributed by atoms with Gasteiger partial charge in [-0.25, -0.2) is 4.98 Å². The van der Waals surface area contributed by atoms with E-state index in [0.717, 1.165) is 30.0 Å². The van der Waals surface area contributed by atoms with E-state index in [1.165, 1.54) is 33.4 Å². The highest BCUT2D eigenvalue weighted by Gasteiger charge is 2.44. The fraction of sp³-hybridized carbons (Fsp3) is 0.419. The molecule has 3 N–H and O–H groups in total. The minimum Gasteiger partial charge on any atom is -0.493 e. The Morgan fingerprint density at radius 1 is 1.16 bits per heavy atom. The standard InChI is InChI=1S/C31H36N2O4/c1-18-14-21(37-13-12-31(3,4)36)15-19(2)29(18)24-7-5-6-23-22(24)9-10-27(23)33-28-11-8-20(17-32-28)25-16-26(25)30(34)35/h5-8,11,14-15,17,25-27,36H,9-10,12-13,16H2,1-4H3,(H,32,33)(H,34,35)/t25?,26-,27+/m0/s1. The Balaban J connectivity index is 1.32. The molecule has 0 saturated heterocycles. The first kappa shape index (κ1) is 25.3. The van der Waals surface area contributed by atoms with E-state index >= 15 is 0 Å². The van der Waals surface area contributed by atoms with E-state index in [1.807, 2.05) is 18.3 Å². The topological polar surface area (TPSA) is 91.7 Å². The quantitative estimate of drug-likeness (QED) is 0.324. The van der Waals surface area contributed by atoms with Gasteiger partial charge in [0.1, 0.15) is 11.6 Å². The lowest BCUT2D eigenvalue weighted by atomic mass is 9.90. The lowest BCUT2D eigenvalue weighted by Crippen LogP contribution is -2.21. The lowest BCUT2D eigenvalue weighted by molar-refractivity contribution is -0.138. The first-order valence-electron chi connectivity index (χ1n) is 13.1. The minimum atomic E-state index is -0.739. The summed E-state index contributed by atoms with van der Waals surface area (Å²) in [6.45, 7) is 8.34. The van der Waals surface area contributed by atoms with E-state index < -0.39 is 11.6 Å². The molecular weight excluding hydrogens is 464 g/mol. The molecule has 1 saturated carbocycles. The van der Waals surface area contributed by atoms with Crippen molar-refractivity contribution >= 4 is 11.8 Å². The van der Waals surface area contributed by atoms with Crippen LogP contribution in [0.25, 0.3) is 11.1 Å². The Morgan fingerprint density at radius 3 is 2.54 bits per heavy atom. The van der Waals surface area contributed by atoms with Gasteiger partial charge in [0, 0.05) is 12.6 Å². The summed E-state index contributed by atoms with van der Waals surface area (Å²) in [7, 11) is 0. The van der Waals surface area contributed by atoms with Gasteiger partial charge in [-0.15, -0.1) is 0 Å². The van der Waals surface area contributed by atoms with Crippen LogP contribution in [-0.2, 0) is 11.2 Å². The number of ether oxygens (including phenoxy) is 1. The zero-order valence-corrected chi connectivity index (χ0v) is 22.0. The summed E-state index contributed by atoms with van der Waals surface area (Å²) >= 11 is 0. The number of aromatic nitrogens is 1. The van der Waals surface area contributed by atoms with Gasteiger partial charge in [-0.05, 0) is 110 Å². The van der Waals surface area contributed by atoms with Crippen LogP contribution in [0.2, 0.25) is 0 Å². The fourth-order valence-electron chi connectivity index (χ4n) is 5.61. The molecule has 1 aromatic heterocycles. The number of hydrogen-bond acceptors (Lipinski definition) is 5. The van der Waals surface area contributed by atoms with Gasteiger partial charge in [0.2, 0.25) is 0 Å². The van der Waals surface area contributed by atoms with Crippen molar-refractivity contribution in [2.24, 2.45) is 5.92 Å². The number of carboxylic acid groups (broad SMARTS) is 1. The van der Waals surface area contributed by atoms with E-state index in [0.29, 0.717) is 19.4 Å². The van der Waals surface area contributed by atoms with Gasteiger partial charge in [0.25, 0.3) is 0 Å². The number of fused-ring (bicyclic) bond motifs is 1. The molecule has 2 aliphatic carbocycles. The molecule has 0 aliphatic heterocycles. The molecule has 6 nitrogen and oxygen atoms in total. The Morgan fingerprint density at radius 2 is 1.92 bits per heavy atom. The van der Waals surface area contributed by atoms with Crippen molar-refractivity contribution in [3.63, 3.8) is 0 Å². The third kappa shape index (κ3) is 5.49. The number of carbonyl (C=O) groups is 1. The molecule has 2 aromatic carbocycles. The van der Waals surface area contributed by atoms with Crippen LogP contribution in [0, 0.1) is 19.8 Å². The van der Waals surface area contributed by atoms with Gasteiger partial charge in [-0.3, -0.25) is 4.79 Å². The monoisotopic (exact) mass is 500 g/mol. The summed E-state index contributed by atoms with van der Waals surface area (Å²) in [5.74, 6) is 0.772. The predicted molar refractivity (Wildman–Crippen MR) is 145 cm³/mol. The summed E-state index contributed by atoms with van der Waals surface area (Å²) in [5.41, 5.74) is 7.84. The maximum atomic E-state index is 11.2. The van der Waals surface area contributed by atoms with Crippen LogP contribution in [-0.4, -0.2) is 33.4 Å². The van der Waals surface area contributed by atoms with Crippen LogP contribution in [0.1, 0.15) is 72.9 Å². The van der Waals surface area contributed by atoms with Crippen LogP contribution in [0.5, 0.6) is 5.75 Å². The number of aliphatic carboxylic acids is 1. The third-order valence-corrected chi connectivity index (χ3v) is 7.67. The molecule has 1 unspecified atom stereocenters. The van der Waals surface area contributed by atoms with Crippen molar-refractivity contribution < 1.29 is 19.7 Å². The summed E-state index contributed by atoms with van der Waals surface area (Å²) in [5, 5.41) is 22.7. The third-order valence-electron chi connectivity index (χ3n) is 7.67. The molecule has 2 aliphatic rings. The molecule has 0 radical (unpaired) electrons. The number of rotatable bonds is 9. The second-order valence-electron chi connectivity index (χ2n) is 11.2. The van der Waals surface area contributed by atoms with Crippen LogP contribution < -0.4 is 10.1 Å². The molecule has 3 aromatic rings. The van der Waals surface area contributed by atoms with Crippen molar-refractivity contribution in [1.29, 1.82) is 0 Å². The van der Waals surface area contributed by atoms with E-state index in [4.69, 9.17) is 4.74 Å². The molecule has 5 rings (SSSR count). The highest BCUT2D eigenvalue weighted by Crippen LogP contribution is 2.47. The van der Waals surface area contributed by atoms with Crippen LogP contribution in [0.3, 0.4) is 0 Å². The summed E-state index contributed by atoms with van der Waals surface area (Å²) in [6.07, 6.45) is 5.09. The van der Waals surface area contributed by atoms with E-state index in [1.54, 1.807) is 13.8 Å². The average Bonchev–Trinajstić information content (AvgIpc) is 3.53. The zero-order chi connectivity index (χ0) is 26.3. The molecule has 0 bridgehead atoms. The van der Waals surface area contributed by atoms with Crippen LogP contribution >= 0.6 is 0 Å². The van der Waals surface area contributed by atoms with Crippen LogP contribution in [0.4, 0.5) is 5.82 Å². The summed E-state index contributed by atoms with van der Waals surface area (Å²) in [6, 6.07) is 14.9. The average molecular weight is 501 g/mol. The normalized spacial score (nSPS) is 20.4. The van der Waals surface area contributed by atoms with E-state index in [-0.39, 0.29) is 17.9 Å². The smallest absolute Gasteiger partial charge is 0.307 e. The molecular formula is C31H36N2O4. The molecule has 194 valence electrons. The maximum absolute atomic E-state index is 11.2. The summed E-state index contributed by atoms with van der Waals surface area (Å²) in [4.78, 5) is 15.8. The van der Waals surface area contributed by atoms with Crippen molar-refractivity contribution in [2.45, 2.75) is 70.9 Å². The maximum Gasteiger partial charge on any atom is 0.307 e. The largest absolute Gasteiger partial charge is 0.493 e. The fourth-order valence-corrected chi connectivity index (χ4v) is 5.61. The molecule has 0 amide bonds. The SMILES string of the molecule is Cc1cc(OCCC(C)(C)O)cc(C)c1-c1cccc2c1CC[C@H]2Nc1ccc(C2C[C@@H]2C(=O)O)cn1. The van der Waals surface area contributed by atoms with Gasteiger partial charge >= 0.3 is 5.97 Å². The Kier molecular flexibility index (Phi) is 6.71. The van der Waals surface area contributed by atoms with Crippen molar-refractivity contribution in [3.05, 3.63) is 76.5 Å². The number of pyridine rings is 1. The Hall–Kier alpha value is -3.38. The molecule has 37 heavy (non-hydrogen) atoms. The first-order chi connectivity index (χ1) is 17.6. The Bertz CT molecular complexity index is 1290. The molecule has 1 heterocycles. The lowest BCUT2D eigenvalue weighted by Gasteiger charge is -2.20. The van der Waals surface area contributed by atoms with Crippen LogP contribution in [0.15, 0.2) is 48.7 Å². The second-order valence-corrected chi connectivity index (χ2v) is 11.2. The van der Waals surface area contributed by atoms with Gasteiger partial charge in [-0.2, -0.15) is 0 Å². The zero-order valence-electron chi connectivity index (χ0n) is 22.0. The van der Waals surface area contributed by atoms with Crippen molar-refractivity contribution in [1.82, 2.24) is 4.98 Å². The number of carboxylic acids is 1. The highest BCUT2D eigenvalue weighted by molar-refractivity contribution is 5.77. The number of aryl methyl sites for hydroxylation is 2. The predicted octanol–water partition coefficient (Wildman–Crippen LogP) is 6.19. The van der Waals surface area contributed by atoms with Crippen molar-refractivity contribution in [3.8, 4) is 16.9 Å². The van der Waals surface area contributed by atoms with Gasteiger partial charge in [-0.1, -0.05) is 24.3 Å². The number of benzene rings is 2. The number of nitrogens with one attached hydrogen (secondary N) is 1. The number of anilines is 1. The molecule has 0 spiro atoms. The molecule has 1 fully saturated rings. The minimum absolute atomic E-state index is 0.0959. The van der Waals surface area contributed by atoms with Crippen molar-refractivity contribution in [2.75, 3.05) is 11.9 Å². The van der Waals surface area contributed by atoms with E-state index in [2.05, 4.69) is 54.5 Å². The molecule has 3 atom stereocenters. The Labute approximate surface area is 218 Å². The van der Waals surface area contributed by atoms with Gasteiger partial charge in [0.15, 0.2) is 0 Å². The highest BCUT2D eigenvalue weighted by atomic mass is 16.5. The first-order valence-corrected chi connectivity index (χ1v) is 13.1. The van der Waals surface area contributed by atoms with Gasteiger partial charge in [0.05, 0.1) is 24.2 Å². The van der Waals surface area contributed by atoms with Gasteiger partial charge < -0.3 is 20.3 Å². The number of hydrogen-bond donors (Lipinski definition) is 3. The number of aliphatic hydroxyl groups is 1. The number of nitrogens with zero attached hydrogens (tertiary/aromatic N) is 1.